The molecule has 1 heterocycles. The van der Waals surface area contributed by atoms with Gasteiger partial charge in [0.25, 0.3) is 0 Å². The number of Topliss-reactive ketones (excluding diaryl/α,β-unsaturated/α-hetero) is 1. The molecule has 1 aliphatic carbocycles. The van der Waals surface area contributed by atoms with E-state index >= 15 is 0 Å². The summed E-state index contributed by atoms with van der Waals surface area (Å²) in [5, 5.41) is -0.743. The molecule has 1 aliphatic rings. The van der Waals surface area contributed by atoms with Gasteiger partial charge in [-0.05, 0) is 55.0 Å². The lowest BCUT2D eigenvalue weighted by atomic mass is 10.1. The molecule has 21 heavy (non-hydrogen) atoms. The number of carbonyl (C=O) groups excluding carboxylic acids is 1. The predicted octanol–water partition coefficient (Wildman–Crippen LogP) is 5.32. The average Bonchev–Trinajstić information content (AvgIpc) is 2.77. The molecule has 1 nitrogen and oxygen atoms in total. The molecule has 1 aromatic heterocycles. The molecule has 1 aromatic carbocycles. The molecule has 4 heteroatoms. The van der Waals surface area contributed by atoms with Gasteiger partial charge in [-0.25, -0.2) is 4.39 Å². The third-order valence-electron chi connectivity index (χ3n) is 3.88. The van der Waals surface area contributed by atoms with Crippen LogP contribution in [0.15, 0.2) is 30.3 Å². The number of benzene rings is 1. The number of aryl methyl sites for hydroxylation is 2. The quantitative estimate of drug-likeness (QED) is 0.424. The van der Waals surface area contributed by atoms with Crippen LogP contribution in [0.1, 0.15) is 50.3 Å². The van der Waals surface area contributed by atoms with Gasteiger partial charge in [0.1, 0.15) is 11.2 Å². The smallest absolute Gasteiger partial charge is 0.195 e. The van der Waals surface area contributed by atoms with E-state index in [9.17, 15) is 9.18 Å². The Morgan fingerprint density at radius 3 is 2.62 bits per heavy atom. The van der Waals surface area contributed by atoms with Crippen molar-refractivity contribution in [3.8, 4) is 0 Å². The normalized spacial score (nSPS) is 16.1. The Bertz CT molecular complexity index is 624. The number of rotatable bonds is 3. The summed E-state index contributed by atoms with van der Waals surface area (Å²) in [4.78, 5) is 14.6. The molecule has 3 rings (SSSR count). The number of ketones is 1. The van der Waals surface area contributed by atoms with Gasteiger partial charge in [-0.3, -0.25) is 4.79 Å². The maximum absolute atomic E-state index is 12.9. The molecule has 0 N–H and O–H groups in total. The van der Waals surface area contributed by atoms with Crippen molar-refractivity contribution in [3.63, 3.8) is 0 Å². The molecule has 0 saturated carbocycles. The zero-order valence-electron chi connectivity index (χ0n) is 11.6. The SMILES string of the molecule is O=C(c1cc2c(s1)CCCCC2)C(Cl)c1ccc(F)cc1. The second-order valence-electron chi connectivity index (χ2n) is 5.40. The van der Waals surface area contributed by atoms with E-state index in [2.05, 4.69) is 0 Å². The molecule has 0 fully saturated rings. The third kappa shape index (κ3) is 3.19. The van der Waals surface area contributed by atoms with Crippen LogP contribution < -0.4 is 0 Å². The van der Waals surface area contributed by atoms with E-state index in [0.717, 1.165) is 17.7 Å². The van der Waals surface area contributed by atoms with Crippen molar-refractivity contribution < 1.29 is 9.18 Å². The van der Waals surface area contributed by atoms with E-state index in [1.165, 1.54) is 41.8 Å². The van der Waals surface area contributed by atoms with Gasteiger partial charge in [0.15, 0.2) is 5.78 Å². The second-order valence-corrected chi connectivity index (χ2v) is 6.97. The highest BCUT2D eigenvalue weighted by atomic mass is 35.5. The van der Waals surface area contributed by atoms with Crippen molar-refractivity contribution in [2.24, 2.45) is 0 Å². The Kier molecular flexibility index (Phi) is 4.41. The highest BCUT2D eigenvalue weighted by Crippen LogP contribution is 2.33. The van der Waals surface area contributed by atoms with Crippen LogP contribution in [0.2, 0.25) is 0 Å². The van der Waals surface area contributed by atoms with Crippen LogP contribution in [-0.2, 0) is 12.8 Å². The second kappa shape index (κ2) is 6.29. The van der Waals surface area contributed by atoms with Gasteiger partial charge in [0, 0.05) is 4.88 Å². The molecule has 1 unspecified atom stereocenters. The van der Waals surface area contributed by atoms with Crippen LogP contribution in [0.3, 0.4) is 0 Å². The van der Waals surface area contributed by atoms with Gasteiger partial charge in [0.2, 0.25) is 0 Å². The van der Waals surface area contributed by atoms with Gasteiger partial charge in [0.05, 0.1) is 4.88 Å². The summed E-state index contributed by atoms with van der Waals surface area (Å²) in [6, 6.07) is 7.82. The maximum atomic E-state index is 12.9. The maximum Gasteiger partial charge on any atom is 0.195 e. The topological polar surface area (TPSA) is 17.1 Å². The summed E-state index contributed by atoms with van der Waals surface area (Å²) in [6.45, 7) is 0. The molecule has 0 amide bonds. The number of carbonyl (C=O) groups is 1. The summed E-state index contributed by atoms with van der Waals surface area (Å²) in [5.74, 6) is -0.403. The number of hydrogen-bond donors (Lipinski definition) is 0. The van der Waals surface area contributed by atoms with E-state index in [4.69, 9.17) is 11.6 Å². The minimum atomic E-state index is -0.743. The predicted molar refractivity (Wildman–Crippen MR) is 84.9 cm³/mol. The summed E-state index contributed by atoms with van der Waals surface area (Å²) in [5.41, 5.74) is 1.95. The lowest BCUT2D eigenvalue weighted by Crippen LogP contribution is -2.05. The van der Waals surface area contributed by atoms with Crippen molar-refractivity contribution in [2.75, 3.05) is 0 Å². The largest absolute Gasteiger partial charge is 0.291 e. The van der Waals surface area contributed by atoms with Gasteiger partial charge in [-0.2, -0.15) is 0 Å². The average molecular weight is 323 g/mol. The van der Waals surface area contributed by atoms with Crippen LogP contribution in [0.25, 0.3) is 0 Å². The molecule has 0 spiro atoms. The summed E-state index contributed by atoms with van der Waals surface area (Å²) >= 11 is 7.85. The Labute approximate surface area is 132 Å². The van der Waals surface area contributed by atoms with Crippen molar-refractivity contribution in [1.29, 1.82) is 0 Å². The first-order valence-corrected chi connectivity index (χ1v) is 8.46. The van der Waals surface area contributed by atoms with Crippen molar-refractivity contribution >= 4 is 28.7 Å². The Morgan fingerprint density at radius 1 is 1.14 bits per heavy atom. The van der Waals surface area contributed by atoms with Gasteiger partial charge >= 0.3 is 0 Å². The fraction of sp³-hybridized carbons (Fsp3) is 0.353. The van der Waals surface area contributed by atoms with Crippen LogP contribution >= 0.6 is 22.9 Å². The van der Waals surface area contributed by atoms with Crippen molar-refractivity contribution in [3.05, 3.63) is 57.0 Å². The van der Waals surface area contributed by atoms with E-state index in [1.807, 2.05) is 6.07 Å². The number of hydrogen-bond acceptors (Lipinski definition) is 2. The first-order valence-electron chi connectivity index (χ1n) is 7.20. The third-order valence-corrected chi connectivity index (χ3v) is 5.58. The van der Waals surface area contributed by atoms with E-state index in [1.54, 1.807) is 23.5 Å². The monoisotopic (exact) mass is 322 g/mol. The number of halogens is 2. The summed E-state index contributed by atoms with van der Waals surface area (Å²) < 4.78 is 12.9. The van der Waals surface area contributed by atoms with Crippen LogP contribution in [-0.4, -0.2) is 5.78 Å². The van der Waals surface area contributed by atoms with E-state index in [0.29, 0.717) is 5.56 Å². The highest BCUT2D eigenvalue weighted by molar-refractivity contribution is 7.14. The van der Waals surface area contributed by atoms with Crippen LogP contribution in [0.5, 0.6) is 0 Å². The molecule has 0 bridgehead atoms. The lowest BCUT2D eigenvalue weighted by molar-refractivity contribution is 0.0991. The summed E-state index contributed by atoms with van der Waals surface area (Å²) in [7, 11) is 0. The molecule has 110 valence electrons. The van der Waals surface area contributed by atoms with Gasteiger partial charge < -0.3 is 0 Å². The zero-order chi connectivity index (χ0) is 14.8. The zero-order valence-corrected chi connectivity index (χ0v) is 13.1. The summed E-state index contributed by atoms with van der Waals surface area (Å²) in [6.07, 6.45) is 5.78. The van der Waals surface area contributed by atoms with E-state index in [-0.39, 0.29) is 11.6 Å². The molecular weight excluding hydrogens is 307 g/mol. The minimum absolute atomic E-state index is 0.0821. The number of fused-ring (bicyclic) bond motifs is 1. The highest BCUT2D eigenvalue weighted by Gasteiger charge is 2.23. The van der Waals surface area contributed by atoms with Gasteiger partial charge in [-0.1, -0.05) is 18.6 Å². The van der Waals surface area contributed by atoms with Crippen molar-refractivity contribution in [2.45, 2.75) is 37.5 Å². The molecule has 2 aromatic rings. The molecular formula is C17H16ClFOS. The number of thiophene rings is 1. The molecule has 0 saturated heterocycles. The number of alkyl halides is 1. The standard InChI is InChI=1S/C17H16ClFOS/c18-16(11-6-8-13(19)9-7-11)17(20)15-10-12-4-2-1-3-5-14(12)21-15/h6-10,16H,1-5H2. The molecule has 1 atom stereocenters. The van der Waals surface area contributed by atoms with E-state index < -0.39 is 5.38 Å². The van der Waals surface area contributed by atoms with Gasteiger partial charge in [-0.15, -0.1) is 22.9 Å². The Hall–Kier alpha value is -1.19. The lowest BCUT2D eigenvalue weighted by Gasteiger charge is -2.07. The molecule has 0 aliphatic heterocycles. The van der Waals surface area contributed by atoms with Crippen LogP contribution in [0, 0.1) is 5.82 Å². The van der Waals surface area contributed by atoms with Crippen molar-refractivity contribution in [1.82, 2.24) is 0 Å². The Morgan fingerprint density at radius 2 is 1.86 bits per heavy atom. The first kappa shape index (κ1) is 14.7. The minimum Gasteiger partial charge on any atom is -0.291 e. The fourth-order valence-electron chi connectivity index (χ4n) is 2.70. The Balaban J connectivity index is 1.83. The molecule has 0 radical (unpaired) electrons. The first-order chi connectivity index (χ1) is 10.1. The van der Waals surface area contributed by atoms with Crippen LogP contribution in [0.4, 0.5) is 4.39 Å². The fourth-order valence-corrected chi connectivity index (χ4v) is 4.25.